The largest absolute Gasteiger partial charge is 0.497 e. The molecule has 26 heavy (non-hydrogen) atoms. The van der Waals surface area contributed by atoms with Gasteiger partial charge in [-0.25, -0.2) is 0 Å². The molecule has 3 rings (SSSR count). The van der Waals surface area contributed by atoms with E-state index in [9.17, 15) is 9.59 Å². The first-order valence-corrected chi connectivity index (χ1v) is 9.01. The minimum Gasteiger partial charge on any atom is -0.497 e. The van der Waals surface area contributed by atoms with Crippen molar-refractivity contribution in [2.75, 3.05) is 33.9 Å². The number of Topliss-reactive ketones (excluding diaryl/α,β-unsaturated/α-hetero) is 1. The molecule has 2 aromatic rings. The first kappa shape index (κ1) is 18.4. The molecule has 0 spiro atoms. The van der Waals surface area contributed by atoms with Crippen LogP contribution in [0, 0.1) is 5.92 Å². The van der Waals surface area contributed by atoms with Gasteiger partial charge in [0.05, 0.1) is 20.1 Å². The summed E-state index contributed by atoms with van der Waals surface area (Å²) in [6.45, 7) is 1.65. The Bertz CT molecular complexity index is 802. The molecule has 1 heterocycles. The molecule has 1 aliphatic rings. The number of piperidine rings is 1. The number of amides is 1. The van der Waals surface area contributed by atoms with E-state index in [1.165, 1.54) is 0 Å². The first-order chi connectivity index (χ1) is 12.6. The quantitative estimate of drug-likeness (QED) is 0.746. The first-order valence-electron chi connectivity index (χ1n) is 9.01. The van der Waals surface area contributed by atoms with Crippen LogP contribution in [0.3, 0.4) is 0 Å². The van der Waals surface area contributed by atoms with E-state index in [0.29, 0.717) is 25.1 Å². The summed E-state index contributed by atoms with van der Waals surface area (Å²) in [6, 6.07) is 11.6. The number of hydrogen-bond acceptors (Lipinski definition) is 4. The predicted octanol–water partition coefficient (Wildman–Crippen LogP) is 3.31. The van der Waals surface area contributed by atoms with Gasteiger partial charge in [-0.1, -0.05) is 18.2 Å². The Labute approximate surface area is 153 Å². The van der Waals surface area contributed by atoms with Gasteiger partial charge in [-0.15, -0.1) is 0 Å². The van der Waals surface area contributed by atoms with Gasteiger partial charge in [0.15, 0.2) is 5.78 Å². The molecule has 0 aromatic heterocycles. The Morgan fingerprint density at radius 2 is 1.88 bits per heavy atom. The van der Waals surface area contributed by atoms with Gasteiger partial charge in [-0.05, 0) is 41.8 Å². The van der Waals surface area contributed by atoms with Gasteiger partial charge < -0.3 is 14.4 Å². The second kappa shape index (κ2) is 8.32. The fourth-order valence-electron chi connectivity index (χ4n) is 3.50. The molecule has 0 N–H and O–H groups in total. The summed E-state index contributed by atoms with van der Waals surface area (Å²) >= 11 is 0. The zero-order chi connectivity index (χ0) is 18.5. The van der Waals surface area contributed by atoms with Gasteiger partial charge in [0.1, 0.15) is 5.75 Å². The number of rotatable bonds is 6. The van der Waals surface area contributed by atoms with Crippen LogP contribution in [-0.4, -0.2) is 50.5 Å². The number of ketones is 1. The number of fused-ring (bicyclic) bond motifs is 1. The topological polar surface area (TPSA) is 55.8 Å². The maximum absolute atomic E-state index is 13.0. The van der Waals surface area contributed by atoms with Crippen LogP contribution in [0.2, 0.25) is 0 Å². The third-order valence-electron chi connectivity index (χ3n) is 5.00. The summed E-state index contributed by atoms with van der Waals surface area (Å²) in [4.78, 5) is 27.0. The Morgan fingerprint density at radius 1 is 1.12 bits per heavy atom. The molecule has 0 aliphatic carbocycles. The van der Waals surface area contributed by atoms with Gasteiger partial charge in [0.25, 0.3) is 0 Å². The molecule has 1 saturated heterocycles. The van der Waals surface area contributed by atoms with Crippen molar-refractivity contribution in [3.05, 3.63) is 42.0 Å². The molecule has 138 valence electrons. The van der Waals surface area contributed by atoms with E-state index in [1.807, 2.05) is 36.4 Å². The number of hydrogen-bond donors (Lipinski definition) is 0. The SMILES string of the molecule is COCCC(=O)N1CCC[C@H](C(=O)c2ccc3cc(OC)ccc3c2)C1. The van der Waals surface area contributed by atoms with Crippen LogP contribution in [0.4, 0.5) is 0 Å². The molecule has 1 fully saturated rings. The normalized spacial score (nSPS) is 17.3. The summed E-state index contributed by atoms with van der Waals surface area (Å²) < 4.78 is 10.2. The highest BCUT2D eigenvalue weighted by Gasteiger charge is 2.28. The molecule has 1 aliphatic heterocycles. The zero-order valence-corrected chi connectivity index (χ0v) is 15.4. The summed E-state index contributed by atoms with van der Waals surface area (Å²) in [5, 5.41) is 2.06. The molecule has 0 saturated carbocycles. The van der Waals surface area contributed by atoms with Gasteiger partial charge in [0, 0.05) is 31.7 Å². The van der Waals surface area contributed by atoms with Crippen molar-refractivity contribution in [1.29, 1.82) is 0 Å². The van der Waals surface area contributed by atoms with Gasteiger partial charge in [-0.3, -0.25) is 9.59 Å². The monoisotopic (exact) mass is 355 g/mol. The molecule has 1 atom stereocenters. The van der Waals surface area contributed by atoms with Crippen LogP contribution in [-0.2, 0) is 9.53 Å². The highest BCUT2D eigenvalue weighted by Crippen LogP contribution is 2.26. The van der Waals surface area contributed by atoms with E-state index < -0.39 is 0 Å². The molecular formula is C21H25NO4. The number of nitrogens with zero attached hydrogens (tertiary/aromatic N) is 1. The Morgan fingerprint density at radius 3 is 2.65 bits per heavy atom. The van der Waals surface area contributed by atoms with Crippen LogP contribution in [0.5, 0.6) is 5.75 Å². The lowest BCUT2D eigenvalue weighted by Crippen LogP contribution is -2.42. The summed E-state index contributed by atoms with van der Waals surface area (Å²) in [7, 11) is 3.23. The van der Waals surface area contributed by atoms with Crippen molar-refractivity contribution in [3.8, 4) is 5.75 Å². The molecule has 5 heteroatoms. The molecule has 0 unspecified atom stereocenters. The zero-order valence-electron chi connectivity index (χ0n) is 15.4. The second-order valence-electron chi connectivity index (χ2n) is 6.71. The Balaban J connectivity index is 1.73. The third-order valence-corrected chi connectivity index (χ3v) is 5.00. The smallest absolute Gasteiger partial charge is 0.224 e. The van der Waals surface area contributed by atoms with Crippen LogP contribution in [0.15, 0.2) is 36.4 Å². The fourth-order valence-corrected chi connectivity index (χ4v) is 3.50. The number of carbonyl (C=O) groups excluding carboxylic acids is 2. The lowest BCUT2D eigenvalue weighted by atomic mass is 9.89. The fraction of sp³-hybridized carbons (Fsp3) is 0.429. The van der Waals surface area contributed by atoms with E-state index in [2.05, 4.69) is 0 Å². The number of methoxy groups -OCH3 is 2. The number of carbonyl (C=O) groups is 2. The Hall–Kier alpha value is -2.40. The molecule has 1 amide bonds. The maximum atomic E-state index is 13.0. The van der Waals surface area contributed by atoms with E-state index in [-0.39, 0.29) is 17.6 Å². The molecular weight excluding hydrogens is 330 g/mol. The van der Waals surface area contributed by atoms with Crippen molar-refractivity contribution in [2.45, 2.75) is 19.3 Å². The molecule has 0 radical (unpaired) electrons. The van der Waals surface area contributed by atoms with Crippen molar-refractivity contribution < 1.29 is 19.1 Å². The van der Waals surface area contributed by atoms with Gasteiger partial charge in [0.2, 0.25) is 5.91 Å². The lowest BCUT2D eigenvalue weighted by Gasteiger charge is -2.32. The van der Waals surface area contributed by atoms with Gasteiger partial charge in [-0.2, -0.15) is 0 Å². The minimum atomic E-state index is -0.133. The van der Waals surface area contributed by atoms with Crippen molar-refractivity contribution in [2.24, 2.45) is 5.92 Å². The van der Waals surface area contributed by atoms with Crippen molar-refractivity contribution in [3.63, 3.8) is 0 Å². The summed E-state index contributed by atoms with van der Waals surface area (Å²) in [5.74, 6) is 0.849. The maximum Gasteiger partial charge on any atom is 0.224 e. The van der Waals surface area contributed by atoms with E-state index >= 15 is 0 Å². The van der Waals surface area contributed by atoms with Crippen LogP contribution >= 0.6 is 0 Å². The summed E-state index contributed by atoms with van der Waals surface area (Å²) in [5.41, 5.74) is 0.707. The number of benzene rings is 2. The van der Waals surface area contributed by atoms with Crippen molar-refractivity contribution in [1.82, 2.24) is 4.90 Å². The average molecular weight is 355 g/mol. The summed E-state index contributed by atoms with van der Waals surface area (Å²) in [6.07, 6.45) is 2.06. The van der Waals surface area contributed by atoms with E-state index in [4.69, 9.17) is 9.47 Å². The molecule has 2 aromatic carbocycles. The lowest BCUT2D eigenvalue weighted by molar-refractivity contribution is -0.133. The average Bonchev–Trinajstić information content (AvgIpc) is 2.70. The number of likely N-dealkylation sites (tertiary alicyclic amines) is 1. The predicted molar refractivity (Wildman–Crippen MR) is 101 cm³/mol. The van der Waals surface area contributed by atoms with Crippen LogP contribution in [0.1, 0.15) is 29.6 Å². The van der Waals surface area contributed by atoms with E-state index in [1.54, 1.807) is 19.1 Å². The van der Waals surface area contributed by atoms with Gasteiger partial charge >= 0.3 is 0 Å². The molecule has 5 nitrogen and oxygen atoms in total. The molecule has 0 bridgehead atoms. The van der Waals surface area contributed by atoms with Crippen LogP contribution in [0.25, 0.3) is 10.8 Å². The second-order valence-corrected chi connectivity index (χ2v) is 6.71. The minimum absolute atomic E-state index is 0.0648. The standard InChI is InChI=1S/C21H25NO4/c1-25-11-9-20(23)22-10-3-4-18(14-22)21(24)17-6-5-16-13-19(26-2)8-7-15(16)12-17/h5-8,12-13,18H,3-4,9-11,14H2,1-2H3/t18-/m0/s1. The van der Waals surface area contributed by atoms with Crippen molar-refractivity contribution >= 4 is 22.5 Å². The Kier molecular flexibility index (Phi) is 5.89. The van der Waals surface area contributed by atoms with E-state index in [0.717, 1.165) is 35.9 Å². The highest BCUT2D eigenvalue weighted by molar-refractivity contribution is 6.01. The third kappa shape index (κ3) is 4.05. The number of ether oxygens (including phenoxy) is 2. The highest BCUT2D eigenvalue weighted by atomic mass is 16.5. The van der Waals surface area contributed by atoms with Crippen LogP contribution < -0.4 is 4.74 Å².